The van der Waals surface area contributed by atoms with Crippen LogP contribution in [0.2, 0.25) is 0 Å². The van der Waals surface area contributed by atoms with E-state index in [-0.39, 0.29) is 6.42 Å². The molecule has 122 valence electrons. The van der Waals surface area contributed by atoms with Gasteiger partial charge in [0, 0.05) is 19.6 Å². The molecule has 1 amide bonds. The number of rotatable bonds is 7. The molecule has 1 fully saturated rings. The largest absolute Gasteiger partial charge is 0.480 e. The molecule has 0 radical (unpaired) electrons. The summed E-state index contributed by atoms with van der Waals surface area (Å²) in [7, 11) is 0. The van der Waals surface area contributed by atoms with Crippen LogP contribution in [-0.2, 0) is 14.3 Å². The van der Waals surface area contributed by atoms with Gasteiger partial charge < -0.3 is 15.2 Å². The highest BCUT2D eigenvalue weighted by atomic mass is 19.4. The molecule has 0 aromatic rings. The van der Waals surface area contributed by atoms with Crippen LogP contribution in [-0.4, -0.2) is 42.4 Å². The van der Waals surface area contributed by atoms with Gasteiger partial charge in [0.05, 0.1) is 6.42 Å². The van der Waals surface area contributed by atoms with E-state index in [4.69, 9.17) is 9.84 Å². The minimum atomic E-state index is -4.63. The van der Waals surface area contributed by atoms with E-state index in [1.54, 1.807) is 0 Å². The van der Waals surface area contributed by atoms with Gasteiger partial charge in [-0.25, -0.2) is 4.79 Å². The van der Waals surface area contributed by atoms with E-state index in [2.05, 4.69) is 0 Å². The first-order valence-corrected chi connectivity index (χ1v) is 6.94. The number of aliphatic carboxylic acids is 1. The molecule has 0 spiro atoms. The smallest absolute Gasteiger partial charge is 0.391 e. The van der Waals surface area contributed by atoms with Crippen molar-refractivity contribution in [2.75, 3.05) is 13.2 Å². The van der Waals surface area contributed by atoms with Gasteiger partial charge in [-0.05, 0) is 31.6 Å². The molecular formula is C13H20F3NO4. The van der Waals surface area contributed by atoms with E-state index < -0.39 is 30.5 Å². The van der Waals surface area contributed by atoms with Gasteiger partial charge in [0.25, 0.3) is 0 Å². The average Bonchev–Trinajstić information content (AvgIpc) is 2.37. The van der Waals surface area contributed by atoms with Crippen molar-refractivity contribution < 1.29 is 32.6 Å². The molecule has 0 saturated carbocycles. The van der Waals surface area contributed by atoms with Gasteiger partial charge in [-0.2, -0.15) is 13.2 Å². The van der Waals surface area contributed by atoms with Crippen LogP contribution in [0.5, 0.6) is 0 Å². The van der Waals surface area contributed by atoms with Crippen LogP contribution in [0.3, 0.4) is 0 Å². The van der Waals surface area contributed by atoms with Gasteiger partial charge in [-0.1, -0.05) is 0 Å². The highest BCUT2D eigenvalue weighted by Crippen LogP contribution is 2.22. The number of hydrogen-bond donors (Lipinski definition) is 2. The van der Waals surface area contributed by atoms with E-state index in [0.29, 0.717) is 25.6 Å². The molecule has 8 heteroatoms. The average molecular weight is 311 g/mol. The number of halogens is 3. The Labute approximate surface area is 120 Å². The quantitative estimate of drug-likeness (QED) is 0.755. The Morgan fingerprint density at radius 2 is 1.90 bits per heavy atom. The van der Waals surface area contributed by atoms with Crippen LogP contribution in [0.25, 0.3) is 0 Å². The summed E-state index contributed by atoms with van der Waals surface area (Å²) in [6.07, 6.45) is -2.96. The molecule has 21 heavy (non-hydrogen) atoms. The van der Waals surface area contributed by atoms with E-state index in [0.717, 1.165) is 19.3 Å². The van der Waals surface area contributed by atoms with Gasteiger partial charge >= 0.3 is 12.1 Å². The highest BCUT2D eigenvalue weighted by Gasteiger charge is 2.36. The SMILES string of the molecule is O=C(CCCC1CCOCC1)NC(CC(F)(F)F)C(=O)O. The van der Waals surface area contributed by atoms with E-state index >= 15 is 0 Å². The molecule has 1 atom stereocenters. The molecule has 1 unspecified atom stereocenters. The molecule has 0 aromatic heterocycles. The van der Waals surface area contributed by atoms with Crippen LogP contribution >= 0.6 is 0 Å². The van der Waals surface area contributed by atoms with Gasteiger partial charge in [0.2, 0.25) is 5.91 Å². The highest BCUT2D eigenvalue weighted by molar-refractivity contribution is 5.83. The maximum Gasteiger partial charge on any atom is 0.391 e. The molecule has 1 heterocycles. The van der Waals surface area contributed by atoms with Gasteiger partial charge in [0.1, 0.15) is 6.04 Å². The molecule has 0 aromatic carbocycles. The fraction of sp³-hybridized carbons (Fsp3) is 0.846. The summed E-state index contributed by atoms with van der Waals surface area (Å²) in [4.78, 5) is 22.2. The number of carboxylic acid groups (broad SMARTS) is 1. The predicted molar refractivity (Wildman–Crippen MR) is 67.6 cm³/mol. The zero-order chi connectivity index (χ0) is 15.9. The summed E-state index contributed by atoms with van der Waals surface area (Å²) in [5, 5.41) is 10.6. The number of carbonyl (C=O) groups excluding carboxylic acids is 1. The Bertz CT molecular complexity index is 354. The van der Waals surface area contributed by atoms with Crippen molar-refractivity contribution in [3.05, 3.63) is 0 Å². The summed E-state index contributed by atoms with van der Waals surface area (Å²) in [6.45, 7) is 1.40. The number of alkyl halides is 3. The van der Waals surface area contributed by atoms with Crippen molar-refractivity contribution in [3.63, 3.8) is 0 Å². The van der Waals surface area contributed by atoms with Crippen LogP contribution in [0.4, 0.5) is 13.2 Å². The number of amides is 1. The van der Waals surface area contributed by atoms with Crippen LogP contribution in [0.1, 0.15) is 38.5 Å². The second kappa shape index (κ2) is 8.21. The Morgan fingerprint density at radius 3 is 2.43 bits per heavy atom. The number of carbonyl (C=O) groups is 2. The molecule has 0 aliphatic carbocycles. The third-order valence-electron chi connectivity index (χ3n) is 3.43. The van der Waals surface area contributed by atoms with Crippen LogP contribution in [0.15, 0.2) is 0 Å². The Balaban J connectivity index is 2.28. The molecule has 5 nitrogen and oxygen atoms in total. The third kappa shape index (κ3) is 7.89. The molecule has 1 aliphatic rings. The Kier molecular flexibility index (Phi) is 6.94. The Morgan fingerprint density at radius 1 is 1.29 bits per heavy atom. The maximum atomic E-state index is 12.2. The number of ether oxygens (including phenoxy) is 1. The zero-order valence-electron chi connectivity index (χ0n) is 11.6. The molecule has 1 saturated heterocycles. The Hall–Kier alpha value is -1.31. The molecule has 1 rings (SSSR count). The summed E-state index contributed by atoms with van der Waals surface area (Å²) in [6, 6.07) is -1.92. The first kappa shape index (κ1) is 17.7. The minimum Gasteiger partial charge on any atom is -0.480 e. The van der Waals surface area contributed by atoms with E-state index in [1.165, 1.54) is 0 Å². The topological polar surface area (TPSA) is 75.6 Å². The van der Waals surface area contributed by atoms with Crippen molar-refractivity contribution in [1.82, 2.24) is 5.32 Å². The molecule has 1 aliphatic heterocycles. The van der Waals surface area contributed by atoms with Gasteiger partial charge in [0.15, 0.2) is 0 Å². The number of nitrogens with one attached hydrogen (secondary N) is 1. The summed E-state index contributed by atoms with van der Waals surface area (Å²) >= 11 is 0. The molecular weight excluding hydrogens is 291 g/mol. The second-order valence-corrected chi connectivity index (χ2v) is 5.23. The van der Waals surface area contributed by atoms with Crippen LogP contribution < -0.4 is 5.32 Å². The maximum absolute atomic E-state index is 12.2. The first-order valence-electron chi connectivity index (χ1n) is 6.94. The fourth-order valence-corrected chi connectivity index (χ4v) is 2.28. The lowest BCUT2D eigenvalue weighted by atomic mass is 9.94. The van der Waals surface area contributed by atoms with Crippen molar-refractivity contribution in [3.8, 4) is 0 Å². The van der Waals surface area contributed by atoms with Gasteiger partial charge in [-0.3, -0.25) is 4.79 Å². The summed E-state index contributed by atoms with van der Waals surface area (Å²) in [5.41, 5.74) is 0. The van der Waals surface area contributed by atoms with E-state index in [1.807, 2.05) is 5.32 Å². The van der Waals surface area contributed by atoms with Crippen molar-refractivity contribution >= 4 is 11.9 Å². The zero-order valence-corrected chi connectivity index (χ0v) is 11.6. The standard InChI is InChI=1S/C13H20F3NO4/c14-13(15,16)8-10(12(19)20)17-11(18)3-1-2-9-4-6-21-7-5-9/h9-10H,1-8H2,(H,17,18)(H,19,20). The van der Waals surface area contributed by atoms with Crippen LogP contribution in [0, 0.1) is 5.92 Å². The number of hydrogen-bond acceptors (Lipinski definition) is 3. The lowest BCUT2D eigenvalue weighted by Crippen LogP contribution is -2.43. The normalized spacial score (nSPS) is 18.2. The van der Waals surface area contributed by atoms with Crippen molar-refractivity contribution in [2.24, 2.45) is 5.92 Å². The minimum absolute atomic E-state index is 0.0407. The summed E-state index contributed by atoms with van der Waals surface area (Å²) in [5.74, 6) is -1.86. The second-order valence-electron chi connectivity index (χ2n) is 5.23. The lowest BCUT2D eigenvalue weighted by molar-refractivity contribution is -0.160. The third-order valence-corrected chi connectivity index (χ3v) is 3.43. The molecule has 2 N–H and O–H groups in total. The molecule has 0 bridgehead atoms. The lowest BCUT2D eigenvalue weighted by Gasteiger charge is -2.21. The summed E-state index contributed by atoms with van der Waals surface area (Å²) < 4.78 is 41.8. The predicted octanol–water partition coefficient (Wildman–Crippen LogP) is 2.11. The van der Waals surface area contributed by atoms with Crippen molar-refractivity contribution in [1.29, 1.82) is 0 Å². The van der Waals surface area contributed by atoms with E-state index in [9.17, 15) is 22.8 Å². The number of carboxylic acids is 1. The monoisotopic (exact) mass is 311 g/mol. The fourth-order valence-electron chi connectivity index (χ4n) is 2.28. The van der Waals surface area contributed by atoms with Gasteiger partial charge in [-0.15, -0.1) is 0 Å². The van der Waals surface area contributed by atoms with Crippen molar-refractivity contribution in [2.45, 2.75) is 50.7 Å². The first-order chi connectivity index (χ1) is 9.78.